The lowest BCUT2D eigenvalue weighted by atomic mass is 10.1. The number of thioether (sulfide) groups is 1. The van der Waals surface area contributed by atoms with Gasteiger partial charge in [0.25, 0.3) is 0 Å². The Labute approximate surface area is 115 Å². The van der Waals surface area contributed by atoms with Gasteiger partial charge in [0.15, 0.2) is 0 Å². The quantitative estimate of drug-likeness (QED) is 0.320. The van der Waals surface area contributed by atoms with Gasteiger partial charge in [-0.3, -0.25) is 9.59 Å². The van der Waals surface area contributed by atoms with E-state index < -0.39 is 29.9 Å². The van der Waals surface area contributed by atoms with Crippen molar-refractivity contribution in [3.63, 3.8) is 0 Å². The molecule has 2 atom stereocenters. The molecule has 5 N–H and O–H groups in total. The first kappa shape index (κ1) is 17.5. The normalized spacial score (nSPS) is 13.3. The molecule has 8 heteroatoms. The lowest BCUT2D eigenvalue weighted by Gasteiger charge is -2.15. The molecule has 0 fully saturated rings. The molecular formula is C11H18N2O5S. The van der Waals surface area contributed by atoms with Crippen LogP contribution in [-0.4, -0.2) is 51.6 Å². The van der Waals surface area contributed by atoms with Crippen molar-refractivity contribution in [2.75, 3.05) is 11.5 Å². The van der Waals surface area contributed by atoms with Crippen LogP contribution in [0.3, 0.4) is 0 Å². The van der Waals surface area contributed by atoms with Crippen molar-refractivity contribution in [2.24, 2.45) is 5.73 Å². The third kappa shape index (κ3) is 9.09. The number of amides is 1. The van der Waals surface area contributed by atoms with E-state index in [9.17, 15) is 14.4 Å². The molecule has 0 heterocycles. The Bertz CT molecular complexity index is 348. The first-order chi connectivity index (χ1) is 8.86. The minimum atomic E-state index is -1.14. The van der Waals surface area contributed by atoms with Gasteiger partial charge < -0.3 is 21.3 Å². The molecule has 0 aliphatic carbocycles. The maximum absolute atomic E-state index is 11.5. The first-order valence-electron chi connectivity index (χ1n) is 5.55. The summed E-state index contributed by atoms with van der Waals surface area (Å²) in [4.78, 5) is 32.8. The van der Waals surface area contributed by atoms with Gasteiger partial charge >= 0.3 is 11.9 Å². The lowest BCUT2D eigenvalue weighted by molar-refractivity contribution is -0.141. The van der Waals surface area contributed by atoms with Gasteiger partial charge in [0, 0.05) is 24.0 Å². The van der Waals surface area contributed by atoms with Crippen LogP contribution in [-0.2, 0) is 14.4 Å². The third-order valence-corrected chi connectivity index (χ3v) is 3.08. The highest BCUT2D eigenvalue weighted by atomic mass is 32.2. The second-order valence-electron chi connectivity index (χ2n) is 3.85. The van der Waals surface area contributed by atoms with Crippen molar-refractivity contribution >= 4 is 29.6 Å². The molecule has 1 amide bonds. The largest absolute Gasteiger partial charge is 0.481 e. The Morgan fingerprint density at radius 2 is 1.95 bits per heavy atom. The number of carbonyl (C=O) groups is 3. The van der Waals surface area contributed by atoms with Gasteiger partial charge in [0.2, 0.25) is 5.91 Å². The number of carboxylic acids is 2. The Hall–Kier alpha value is -1.54. The number of carboxylic acid groups (broad SMARTS) is 2. The molecule has 19 heavy (non-hydrogen) atoms. The molecule has 108 valence electrons. The molecule has 0 aromatic carbocycles. The van der Waals surface area contributed by atoms with Crippen molar-refractivity contribution in [2.45, 2.75) is 24.9 Å². The summed E-state index contributed by atoms with van der Waals surface area (Å²) in [7, 11) is 0. The van der Waals surface area contributed by atoms with Gasteiger partial charge in [-0.05, 0) is 0 Å². The third-order valence-electron chi connectivity index (χ3n) is 2.04. The maximum Gasteiger partial charge on any atom is 0.327 e. The van der Waals surface area contributed by atoms with Gasteiger partial charge in [-0.2, -0.15) is 11.8 Å². The van der Waals surface area contributed by atoms with Crippen LogP contribution in [0.25, 0.3) is 0 Å². The van der Waals surface area contributed by atoms with E-state index in [1.165, 1.54) is 11.8 Å². The van der Waals surface area contributed by atoms with Gasteiger partial charge in [0.05, 0.1) is 6.42 Å². The number of carbonyl (C=O) groups excluding carboxylic acids is 1. The highest BCUT2D eigenvalue weighted by molar-refractivity contribution is 7.99. The van der Waals surface area contributed by atoms with Crippen LogP contribution in [0.15, 0.2) is 12.7 Å². The molecule has 0 spiro atoms. The van der Waals surface area contributed by atoms with Crippen LogP contribution in [0.4, 0.5) is 0 Å². The van der Waals surface area contributed by atoms with Crippen LogP contribution in [0.5, 0.6) is 0 Å². The smallest absolute Gasteiger partial charge is 0.327 e. The molecule has 7 nitrogen and oxygen atoms in total. The van der Waals surface area contributed by atoms with E-state index in [-0.39, 0.29) is 18.6 Å². The van der Waals surface area contributed by atoms with Crippen LogP contribution in [0, 0.1) is 0 Å². The van der Waals surface area contributed by atoms with Crippen LogP contribution in [0.2, 0.25) is 0 Å². The van der Waals surface area contributed by atoms with E-state index in [2.05, 4.69) is 11.9 Å². The van der Waals surface area contributed by atoms with E-state index in [1.807, 2.05) is 0 Å². The number of rotatable bonds is 10. The van der Waals surface area contributed by atoms with Crippen LogP contribution in [0.1, 0.15) is 12.8 Å². The highest BCUT2D eigenvalue weighted by Crippen LogP contribution is 2.04. The van der Waals surface area contributed by atoms with Crippen molar-refractivity contribution < 1.29 is 24.6 Å². The standard InChI is InChI=1S/C11H18N2O5S/c1-2-3-19-6-8(11(17)18)13-9(14)4-7(12)5-10(15)16/h2,7-8H,1,3-6,12H2,(H,13,14)(H,15,16)(H,17,18)/t7-,8+/m1/s1. The number of hydrogen-bond acceptors (Lipinski definition) is 5. The SMILES string of the molecule is C=CCSC[C@H](NC(=O)C[C@@H](N)CC(=O)O)C(=O)O. The molecule has 0 aromatic rings. The Morgan fingerprint density at radius 1 is 1.32 bits per heavy atom. The minimum Gasteiger partial charge on any atom is -0.481 e. The van der Waals surface area contributed by atoms with Crippen LogP contribution < -0.4 is 11.1 Å². The second-order valence-corrected chi connectivity index (χ2v) is 4.92. The van der Waals surface area contributed by atoms with Crippen molar-refractivity contribution in [3.05, 3.63) is 12.7 Å². The predicted octanol–water partition coefficient (Wildman–Crippen LogP) is -0.333. The van der Waals surface area contributed by atoms with E-state index in [1.54, 1.807) is 6.08 Å². The highest BCUT2D eigenvalue weighted by Gasteiger charge is 2.21. The molecule has 0 bridgehead atoms. The van der Waals surface area contributed by atoms with Crippen molar-refractivity contribution in [1.29, 1.82) is 0 Å². The van der Waals surface area contributed by atoms with Crippen molar-refractivity contribution in [1.82, 2.24) is 5.32 Å². The molecule has 0 rings (SSSR count). The average molecular weight is 290 g/mol. The summed E-state index contributed by atoms with van der Waals surface area (Å²) in [6.45, 7) is 3.50. The van der Waals surface area contributed by atoms with Gasteiger partial charge in [-0.25, -0.2) is 4.79 Å². The average Bonchev–Trinajstić information content (AvgIpc) is 2.26. The molecule has 0 aromatic heterocycles. The van der Waals surface area contributed by atoms with E-state index >= 15 is 0 Å². The van der Waals surface area contributed by atoms with E-state index in [4.69, 9.17) is 15.9 Å². The zero-order valence-corrected chi connectivity index (χ0v) is 11.2. The van der Waals surface area contributed by atoms with E-state index in [0.717, 1.165) is 0 Å². The second kappa shape index (κ2) is 9.40. The number of aliphatic carboxylic acids is 2. The lowest BCUT2D eigenvalue weighted by Crippen LogP contribution is -2.44. The summed E-state index contributed by atoms with van der Waals surface area (Å²) in [5.74, 6) is -2.02. The molecule has 0 saturated heterocycles. The zero-order chi connectivity index (χ0) is 14.8. The monoisotopic (exact) mass is 290 g/mol. The fourth-order valence-corrected chi connectivity index (χ4v) is 2.00. The zero-order valence-electron chi connectivity index (χ0n) is 10.4. The molecule has 0 radical (unpaired) electrons. The Kier molecular flexibility index (Phi) is 8.64. The summed E-state index contributed by atoms with van der Waals surface area (Å²) in [5.41, 5.74) is 5.44. The summed E-state index contributed by atoms with van der Waals surface area (Å²) in [6.07, 6.45) is 1.08. The number of hydrogen-bond donors (Lipinski definition) is 4. The maximum atomic E-state index is 11.5. The fourth-order valence-electron chi connectivity index (χ4n) is 1.23. The van der Waals surface area contributed by atoms with Gasteiger partial charge in [-0.1, -0.05) is 6.08 Å². The summed E-state index contributed by atoms with van der Waals surface area (Å²) < 4.78 is 0. The molecule has 0 aliphatic rings. The predicted molar refractivity (Wildman–Crippen MR) is 71.9 cm³/mol. The first-order valence-corrected chi connectivity index (χ1v) is 6.70. The number of nitrogens with two attached hydrogens (primary N) is 1. The minimum absolute atomic E-state index is 0.210. The molecular weight excluding hydrogens is 272 g/mol. The molecule has 0 unspecified atom stereocenters. The summed E-state index contributed by atoms with van der Waals surface area (Å²) in [5, 5.41) is 19.7. The fraction of sp³-hybridized carbons (Fsp3) is 0.545. The summed E-state index contributed by atoms with van der Waals surface area (Å²) in [6, 6.07) is -1.85. The van der Waals surface area contributed by atoms with E-state index in [0.29, 0.717) is 5.75 Å². The summed E-state index contributed by atoms with van der Waals surface area (Å²) >= 11 is 1.32. The van der Waals surface area contributed by atoms with Gasteiger partial charge in [0.1, 0.15) is 6.04 Å². The van der Waals surface area contributed by atoms with Gasteiger partial charge in [-0.15, -0.1) is 6.58 Å². The molecule has 0 aliphatic heterocycles. The number of nitrogens with one attached hydrogen (secondary N) is 1. The Morgan fingerprint density at radius 3 is 2.42 bits per heavy atom. The topological polar surface area (TPSA) is 130 Å². The molecule has 0 saturated carbocycles. The van der Waals surface area contributed by atoms with Crippen LogP contribution >= 0.6 is 11.8 Å². The Balaban J connectivity index is 4.19. The van der Waals surface area contributed by atoms with Crippen molar-refractivity contribution in [3.8, 4) is 0 Å².